The summed E-state index contributed by atoms with van der Waals surface area (Å²) in [4.78, 5) is 13.2. The number of ether oxygens (including phenoxy) is 1. The van der Waals surface area contributed by atoms with E-state index in [9.17, 15) is 20.1 Å². The van der Waals surface area contributed by atoms with Crippen molar-refractivity contribution in [3.05, 3.63) is 64.7 Å². The first-order valence-corrected chi connectivity index (χ1v) is 10.9. The normalized spacial score (nSPS) is 27.3. The topological polar surface area (TPSA) is 87.0 Å². The van der Waals surface area contributed by atoms with Gasteiger partial charge in [-0.25, -0.2) is 0 Å². The van der Waals surface area contributed by atoms with Gasteiger partial charge >= 0.3 is 5.97 Å². The lowest BCUT2D eigenvalue weighted by Gasteiger charge is -2.53. The maximum Gasteiger partial charge on any atom is 0.312 e. The maximum atomic E-state index is 13.2. The Hall–Kier alpha value is -2.37. The number of aromatic hydroxyl groups is 1. The molecule has 0 amide bonds. The molecule has 3 aliphatic rings. The number of rotatable bonds is 7. The van der Waals surface area contributed by atoms with Crippen molar-refractivity contribution in [2.45, 2.75) is 57.2 Å². The quantitative estimate of drug-likeness (QED) is 0.602. The largest absolute Gasteiger partial charge is 0.508 e. The second kappa shape index (κ2) is 7.71. The number of phenols is 1. The molecule has 0 saturated carbocycles. The van der Waals surface area contributed by atoms with Crippen molar-refractivity contribution in [2.75, 3.05) is 6.61 Å². The van der Waals surface area contributed by atoms with E-state index in [1.807, 2.05) is 0 Å². The lowest BCUT2D eigenvalue weighted by Crippen LogP contribution is -2.57. The van der Waals surface area contributed by atoms with Crippen LogP contribution in [0.3, 0.4) is 0 Å². The highest BCUT2D eigenvalue weighted by Crippen LogP contribution is 2.61. The van der Waals surface area contributed by atoms with E-state index in [0.717, 1.165) is 25.7 Å². The number of hydrogen-bond acceptors (Lipinski definition) is 5. The number of fused-ring (bicyclic) bond motifs is 1. The van der Waals surface area contributed by atoms with Crippen molar-refractivity contribution >= 4 is 5.97 Å². The average molecular weight is 411 g/mol. The molecule has 0 saturated heterocycles. The van der Waals surface area contributed by atoms with Crippen LogP contribution < -0.4 is 0 Å². The lowest BCUT2D eigenvalue weighted by molar-refractivity contribution is -0.168. The molecule has 3 aliphatic carbocycles. The van der Waals surface area contributed by atoms with Crippen LogP contribution in [0.25, 0.3) is 0 Å². The van der Waals surface area contributed by atoms with E-state index >= 15 is 0 Å². The average Bonchev–Trinajstić information content (AvgIpc) is 2.75. The highest BCUT2D eigenvalue weighted by atomic mass is 16.5. The van der Waals surface area contributed by atoms with Crippen LogP contribution in [0.15, 0.2) is 42.5 Å². The highest BCUT2D eigenvalue weighted by Gasteiger charge is 2.63. The predicted octanol–water partition coefficient (Wildman–Crippen LogP) is 3.96. The van der Waals surface area contributed by atoms with E-state index in [1.165, 1.54) is 6.07 Å². The molecule has 5 nitrogen and oxygen atoms in total. The molecule has 2 aromatic rings. The standard InChI is InChI=1S/C25H30O5/c1-3-5-9-16(4-2)15-30-23(27)20-14-24(28)17-10-6-7-11-18(17)25(20,29)19-12-8-13-21(26)22(19)24/h6-8,10-13,16,20,26,28-29H,3-5,9,14-15H2,1-2H3. The van der Waals surface area contributed by atoms with Crippen LogP contribution in [0, 0.1) is 11.8 Å². The number of esters is 1. The number of hydrogen-bond donors (Lipinski definition) is 3. The molecular weight excluding hydrogens is 380 g/mol. The van der Waals surface area contributed by atoms with Gasteiger partial charge in [-0.2, -0.15) is 0 Å². The number of phenolic OH excluding ortho intramolecular Hbond substituents is 1. The molecule has 4 unspecified atom stereocenters. The third kappa shape index (κ3) is 2.95. The van der Waals surface area contributed by atoms with Gasteiger partial charge in [-0.15, -0.1) is 0 Å². The van der Waals surface area contributed by atoms with Crippen molar-refractivity contribution in [1.82, 2.24) is 0 Å². The molecule has 2 aromatic carbocycles. The molecule has 30 heavy (non-hydrogen) atoms. The summed E-state index contributed by atoms with van der Waals surface area (Å²) in [6.07, 6.45) is 4.07. The number of carbonyl (C=O) groups is 1. The molecule has 5 rings (SSSR count). The zero-order valence-electron chi connectivity index (χ0n) is 17.6. The van der Waals surface area contributed by atoms with Crippen molar-refractivity contribution < 1.29 is 24.9 Å². The molecule has 0 fully saturated rings. The van der Waals surface area contributed by atoms with E-state index in [2.05, 4.69) is 13.8 Å². The minimum Gasteiger partial charge on any atom is -0.508 e. The van der Waals surface area contributed by atoms with E-state index in [4.69, 9.17) is 4.74 Å². The summed E-state index contributed by atoms with van der Waals surface area (Å²) in [7, 11) is 0. The number of carbonyl (C=O) groups excluding carboxylic acids is 1. The van der Waals surface area contributed by atoms with E-state index in [1.54, 1.807) is 36.4 Å². The molecule has 160 valence electrons. The summed E-state index contributed by atoms with van der Waals surface area (Å²) in [6.45, 7) is 4.54. The molecular formula is C25H30O5. The molecule has 0 spiro atoms. The summed E-state index contributed by atoms with van der Waals surface area (Å²) >= 11 is 0. The highest BCUT2D eigenvalue weighted by molar-refractivity contribution is 5.80. The zero-order valence-corrected chi connectivity index (χ0v) is 17.6. The Balaban J connectivity index is 1.72. The van der Waals surface area contributed by atoms with Crippen LogP contribution in [0.4, 0.5) is 0 Å². The Bertz CT molecular complexity index is 954. The zero-order chi connectivity index (χ0) is 21.5. The van der Waals surface area contributed by atoms with Gasteiger partial charge in [0.2, 0.25) is 0 Å². The Morgan fingerprint density at radius 3 is 2.50 bits per heavy atom. The first-order valence-electron chi connectivity index (χ1n) is 10.9. The van der Waals surface area contributed by atoms with E-state index in [-0.39, 0.29) is 23.7 Å². The van der Waals surface area contributed by atoms with Crippen LogP contribution in [0.1, 0.15) is 68.2 Å². The summed E-state index contributed by atoms with van der Waals surface area (Å²) < 4.78 is 5.68. The Morgan fingerprint density at radius 2 is 1.80 bits per heavy atom. The fraction of sp³-hybridized carbons (Fsp3) is 0.480. The summed E-state index contributed by atoms with van der Waals surface area (Å²) in [5.74, 6) is -1.25. The van der Waals surface area contributed by atoms with Gasteiger partial charge in [0.05, 0.1) is 12.5 Å². The van der Waals surface area contributed by atoms with Gasteiger partial charge in [-0.3, -0.25) is 4.79 Å². The third-order valence-electron chi connectivity index (χ3n) is 6.94. The fourth-order valence-electron chi connectivity index (χ4n) is 5.23. The smallest absolute Gasteiger partial charge is 0.312 e. The summed E-state index contributed by atoms with van der Waals surface area (Å²) in [5, 5.41) is 34.1. The minimum atomic E-state index is -1.66. The summed E-state index contributed by atoms with van der Waals surface area (Å²) in [5.41, 5.74) is -1.54. The molecule has 0 aromatic heterocycles. The third-order valence-corrected chi connectivity index (χ3v) is 6.94. The molecule has 0 radical (unpaired) electrons. The molecule has 0 heterocycles. The molecule has 4 atom stereocenters. The lowest BCUT2D eigenvalue weighted by atomic mass is 9.54. The van der Waals surface area contributed by atoms with Gasteiger partial charge in [-0.05, 0) is 35.1 Å². The molecule has 5 heteroatoms. The second-order valence-electron chi connectivity index (χ2n) is 8.68. The van der Waals surface area contributed by atoms with Crippen molar-refractivity contribution in [3.8, 4) is 5.75 Å². The van der Waals surface area contributed by atoms with Crippen molar-refractivity contribution in [1.29, 1.82) is 0 Å². The van der Waals surface area contributed by atoms with Crippen LogP contribution in [-0.2, 0) is 20.7 Å². The first kappa shape index (κ1) is 20.9. The second-order valence-corrected chi connectivity index (χ2v) is 8.68. The van der Waals surface area contributed by atoms with Crippen LogP contribution in [0.5, 0.6) is 5.75 Å². The molecule has 3 N–H and O–H groups in total. The van der Waals surface area contributed by atoms with Crippen molar-refractivity contribution in [2.24, 2.45) is 11.8 Å². The molecule has 2 bridgehead atoms. The Morgan fingerprint density at radius 1 is 1.10 bits per heavy atom. The Kier molecular flexibility index (Phi) is 5.37. The Labute approximate surface area is 177 Å². The SMILES string of the molecule is CCCCC(CC)COC(=O)C1CC2(O)c3ccccc3C1(O)c1cccc(O)c12. The number of aliphatic hydroxyl groups is 2. The monoisotopic (exact) mass is 410 g/mol. The van der Waals surface area contributed by atoms with Crippen molar-refractivity contribution in [3.63, 3.8) is 0 Å². The predicted molar refractivity (Wildman–Crippen MR) is 113 cm³/mol. The van der Waals surface area contributed by atoms with E-state index < -0.39 is 23.1 Å². The maximum absolute atomic E-state index is 13.2. The van der Waals surface area contributed by atoms with Crippen LogP contribution in [-0.4, -0.2) is 27.9 Å². The fourth-order valence-corrected chi connectivity index (χ4v) is 5.23. The molecule has 0 aliphatic heterocycles. The van der Waals surface area contributed by atoms with E-state index in [0.29, 0.717) is 23.3 Å². The minimum absolute atomic E-state index is 0.0321. The van der Waals surface area contributed by atoms with Gasteiger partial charge in [0.1, 0.15) is 17.0 Å². The summed E-state index contributed by atoms with van der Waals surface area (Å²) in [6, 6.07) is 11.8. The van der Waals surface area contributed by atoms with Crippen LogP contribution in [0.2, 0.25) is 0 Å². The van der Waals surface area contributed by atoms with Gasteiger partial charge in [-0.1, -0.05) is 69.5 Å². The number of unbranched alkanes of at least 4 members (excludes halogenated alkanes) is 1. The van der Waals surface area contributed by atoms with Gasteiger partial charge < -0.3 is 20.1 Å². The van der Waals surface area contributed by atoms with Crippen LogP contribution >= 0.6 is 0 Å². The van der Waals surface area contributed by atoms with Gasteiger partial charge in [0.15, 0.2) is 0 Å². The van der Waals surface area contributed by atoms with Gasteiger partial charge in [0.25, 0.3) is 0 Å². The number of benzene rings is 2. The first-order chi connectivity index (χ1) is 14.4. The van der Waals surface area contributed by atoms with Gasteiger partial charge in [0, 0.05) is 12.0 Å².